The lowest BCUT2D eigenvalue weighted by Crippen LogP contribution is -2.17. The minimum absolute atomic E-state index is 0.316. The molecule has 2 N–H and O–H groups in total. The van der Waals surface area contributed by atoms with Gasteiger partial charge in [-0.15, -0.1) is 0 Å². The molecule has 7 heteroatoms. The molecule has 0 radical (unpaired) electrons. The predicted octanol–water partition coefficient (Wildman–Crippen LogP) is 5.43. The molecule has 0 fully saturated rings. The lowest BCUT2D eigenvalue weighted by Gasteiger charge is -2.10. The number of nitrogens with zero attached hydrogens (tertiary/aromatic N) is 1. The van der Waals surface area contributed by atoms with Gasteiger partial charge in [-0.05, 0) is 90.2 Å². The normalized spacial score (nSPS) is 14.0. The number of nitrogens with two attached hydrogens (primary N) is 1. The maximum Gasteiger partial charge on any atom is 0.214 e. The molecule has 1 amide bonds. The summed E-state index contributed by atoms with van der Waals surface area (Å²) in [6.07, 6.45) is 4.76. The second-order valence-electron chi connectivity index (χ2n) is 7.54. The molecule has 3 nitrogen and oxygen atoms in total. The van der Waals surface area contributed by atoms with E-state index in [9.17, 15) is 18.0 Å². The minimum atomic E-state index is -0.401. The Balaban J connectivity index is 0.000000152. The van der Waals surface area contributed by atoms with E-state index in [1.165, 1.54) is 29.3 Å². The van der Waals surface area contributed by atoms with E-state index in [2.05, 4.69) is 0 Å². The van der Waals surface area contributed by atoms with Gasteiger partial charge in [-0.3, -0.25) is 9.93 Å². The number of carbonyl (C=O) groups excluding carboxylic acids is 1. The van der Waals surface area contributed by atoms with Crippen molar-refractivity contribution in [2.24, 2.45) is 5.14 Å². The van der Waals surface area contributed by atoms with Crippen LogP contribution in [-0.4, -0.2) is 13.0 Å². The molecule has 0 bridgehead atoms. The van der Waals surface area contributed by atoms with E-state index in [1.807, 2.05) is 18.2 Å². The third kappa shape index (κ3) is 4.48. The summed E-state index contributed by atoms with van der Waals surface area (Å²) in [6, 6.07) is 12.5. The smallest absolute Gasteiger partial charge is 0.214 e. The van der Waals surface area contributed by atoms with E-state index in [1.54, 1.807) is 11.0 Å². The number of carbonyl (C=O) groups is 1. The summed E-state index contributed by atoms with van der Waals surface area (Å²) in [5.74, 6) is -1.09. The van der Waals surface area contributed by atoms with E-state index < -0.39 is 5.82 Å². The minimum Gasteiger partial charge on any atom is -0.314 e. The molecule has 1 heterocycles. The number of halogens is 3. The summed E-state index contributed by atoms with van der Waals surface area (Å²) in [5, 5.41) is 5.30. The van der Waals surface area contributed by atoms with Crippen LogP contribution in [0.1, 0.15) is 23.1 Å². The van der Waals surface area contributed by atoms with Gasteiger partial charge in [-0.2, -0.15) is 0 Å². The SMILES string of the molecule is Fc1ccc(F)c(-c2ccc3c(c2)CCC3)c1.NSc1cc2c(cc1F)CCN2C=O. The quantitative estimate of drug-likeness (QED) is 0.435. The van der Waals surface area contributed by atoms with Gasteiger partial charge in [0.15, 0.2) is 0 Å². The highest BCUT2D eigenvalue weighted by molar-refractivity contribution is 7.97. The van der Waals surface area contributed by atoms with E-state index in [0.717, 1.165) is 60.5 Å². The summed E-state index contributed by atoms with van der Waals surface area (Å²) in [6.45, 7) is 0.622. The molecule has 160 valence electrons. The van der Waals surface area contributed by atoms with Crippen molar-refractivity contribution in [3.63, 3.8) is 0 Å². The molecule has 5 rings (SSSR count). The maximum atomic E-state index is 13.6. The van der Waals surface area contributed by atoms with Crippen LogP contribution < -0.4 is 10.0 Å². The first-order valence-corrected chi connectivity index (χ1v) is 10.9. The highest BCUT2D eigenvalue weighted by Crippen LogP contribution is 2.32. The topological polar surface area (TPSA) is 46.3 Å². The van der Waals surface area contributed by atoms with Crippen LogP contribution in [0.15, 0.2) is 53.4 Å². The fraction of sp³-hybridized carbons (Fsp3) is 0.208. The molecule has 0 saturated heterocycles. The number of rotatable bonds is 3. The van der Waals surface area contributed by atoms with E-state index in [-0.39, 0.29) is 11.6 Å². The first kappa shape index (κ1) is 21.5. The van der Waals surface area contributed by atoms with Crippen molar-refractivity contribution in [2.75, 3.05) is 11.4 Å². The predicted molar refractivity (Wildman–Crippen MR) is 117 cm³/mol. The Bertz CT molecular complexity index is 1140. The average Bonchev–Trinajstić information content (AvgIpc) is 3.40. The third-order valence-electron chi connectivity index (χ3n) is 5.66. The van der Waals surface area contributed by atoms with E-state index in [0.29, 0.717) is 23.4 Å². The van der Waals surface area contributed by atoms with Crippen molar-refractivity contribution in [3.05, 3.63) is 82.7 Å². The zero-order chi connectivity index (χ0) is 22.0. The number of amides is 1. The zero-order valence-corrected chi connectivity index (χ0v) is 17.5. The Morgan fingerprint density at radius 1 is 0.871 bits per heavy atom. The highest BCUT2D eigenvalue weighted by Gasteiger charge is 2.20. The number of hydrogen-bond donors (Lipinski definition) is 1. The van der Waals surface area contributed by atoms with E-state index in [4.69, 9.17) is 5.14 Å². The molecule has 1 aliphatic carbocycles. The van der Waals surface area contributed by atoms with Gasteiger partial charge < -0.3 is 4.90 Å². The van der Waals surface area contributed by atoms with Gasteiger partial charge in [-0.25, -0.2) is 13.2 Å². The Morgan fingerprint density at radius 2 is 1.68 bits per heavy atom. The number of hydrogen-bond acceptors (Lipinski definition) is 3. The summed E-state index contributed by atoms with van der Waals surface area (Å²) < 4.78 is 40.0. The molecule has 0 atom stereocenters. The highest BCUT2D eigenvalue weighted by atomic mass is 32.2. The van der Waals surface area contributed by atoms with Gasteiger partial charge in [0, 0.05) is 17.8 Å². The van der Waals surface area contributed by atoms with Gasteiger partial charge in [0.05, 0.1) is 4.90 Å². The van der Waals surface area contributed by atoms with Crippen molar-refractivity contribution < 1.29 is 18.0 Å². The second-order valence-corrected chi connectivity index (χ2v) is 8.21. The largest absolute Gasteiger partial charge is 0.314 e. The molecule has 3 aromatic carbocycles. The van der Waals surface area contributed by atoms with Crippen molar-refractivity contribution in [1.82, 2.24) is 0 Å². The first-order chi connectivity index (χ1) is 15.0. The van der Waals surface area contributed by atoms with Crippen molar-refractivity contribution in [1.29, 1.82) is 0 Å². The van der Waals surface area contributed by atoms with Crippen molar-refractivity contribution in [2.45, 2.75) is 30.6 Å². The van der Waals surface area contributed by atoms with Crippen LogP contribution in [0.5, 0.6) is 0 Å². The van der Waals surface area contributed by atoms with Crippen LogP contribution in [-0.2, 0) is 24.1 Å². The Hall–Kier alpha value is -2.77. The van der Waals surface area contributed by atoms with Crippen LogP contribution in [0.2, 0.25) is 0 Å². The number of fused-ring (bicyclic) bond motifs is 2. The Labute approximate surface area is 183 Å². The summed E-state index contributed by atoms with van der Waals surface area (Å²) in [5.41, 5.74) is 5.36. The van der Waals surface area contributed by atoms with Gasteiger partial charge in [0.1, 0.15) is 17.5 Å². The molecule has 3 aromatic rings. The van der Waals surface area contributed by atoms with Gasteiger partial charge in [0.2, 0.25) is 6.41 Å². The summed E-state index contributed by atoms with van der Waals surface area (Å²) >= 11 is 0.856. The standard InChI is InChI=1S/C15H12F2.C9H9FN2OS/c16-13-6-7-15(17)14(9-13)12-5-4-10-2-1-3-11(10)8-12;10-7-3-6-1-2-12(5-13)8(6)4-9(7)14-11/h4-9H,1-3H2;3-5H,1-2,11H2. The average molecular weight is 443 g/mol. The van der Waals surface area contributed by atoms with Crippen molar-refractivity contribution in [3.8, 4) is 11.1 Å². The summed E-state index contributed by atoms with van der Waals surface area (Å²) in [4.78, 5) is 12.6. The first-order valence-electron chi connectivity index (χ1n) is 9.98. The van der Waals surface area contributed by atoms with E-state index >= 15 is 0 Å². The second kappa shape index (κ2) is 9.16. The van der Waals surface area contributed by atoms with Gasteiger partial charge in [-0.1, -0.05) is 18.2 Å². The van der Waals surface area contributed by atoms with Gasteiger partial charge >= 0.3 is 0 Å². The van der Waals surface area contributed by atoms with Gasteiger partial charge in [0.25, 0.3) is 0 Å². The van der Waals surface area contributed by atoms with Crippen LogP contribution in [0.3, 0.4) is 0 Å². The lowest BCUT2D eigenvalue weighted by atomic mass is 10.00. The van der Waals surface area contributed by atoms with Crippen LogP contribution in [0.25, 0.3) is 11.1 Å². The third-order valence-corrected chi connectivity index (χ3v) is 6.22. The van der Waals surface area contributed by atoms with Crippen LogP contribution in [0, 0.1) is 17.5 Å². The van der Waals surface area contributed by atoms with Crippen molar-refractivity contribution >= 4 is 24.0 Å². The Kier molecular flexibility index (Phi) is 6.34. The fourth-order valence-electron chi connectivity index (χ4n) is 4.07. The number of anilines is 1. The molecule has 1 aliphatic heterocycles. The number of aryl methyl sites for hydroxylation is 2. The monoisotopic (exact) mass is 442 g/mol. The maximum absolute atomic E-state index is 13.6. The Morgan fingerprint density at radius 3 is 2.45 bits per heavy atom. The molecule has 2 aliphatic rings. The number of benzene rings is 3. The molecular weight excluding hydrogens is 421 g/mol. The summed E-state index contributed by atoms with van der Waals surface area (Å²) in [7, 11) is 0. The zero-order valence-electron chi connectivity index (χ0n) is 16.7. The van der Waals surface area contributed by atoms with Crippen LogP contribution in [0.4, 0.5) is 18.9 Å². The fourth-order valence-corrected chi connectivity index (χ4v) is 4.42. The lowest BCUT2D eigenvalue weighted by molar-refractivity contribution is -0.107. The molecule has 31 heavy (non-hydrogen) atoms. The molecule has 0 saturated carbocycles. The molecule has 0 aromatic heterocycles. The molecule has 0 unspecified atom stereocenters. The molecule has 0 spiro atoms. The molecular formula is C24H21F3N2OS. The van der Waals surface area contributed by atoms with Crippen LogP contribution >= 0.6 is 11.9 Å².